The first kappa shape index (κ1) is 25.8. The molecule has 0 spiro atoms. The summed E-state index contributed by atoms with van der Waals surface area (Å²) in [5, 5.41) is 6.05. The lowest BCUT2D eigenvalue weighted by Gasteiger charge is -2.39. The predicted octanol–water partition coefficient (Wildman–Crippen LogP) is 5.62. The van der Waals surface area contributed by atoms with Crippen molar-refractivity contribution in [2.75, 3.05) is 6.54 Å². The highest BCUT2D eigenvalue weighted by atomic mass is 19.1. The Morgan fingerprint density at radius 1 is 1.00 bits per heavy atom. The van der Waals surface area contributed by atoms with E-state index < -0.39 is 17.3 Å². The molecule has 3 aromatic rings. The molecule has 6 nitrogen and oxygen atoms in total. The molecule has 0 bridgehead atoms. The van der Waals surface area contributed by atoms with E-state index in [1.165, 1.54) is 24.6 Å². The third-order valence-electron chi connectivity index (χ3n) is 7.97. The van der Waals surface area contributed by atoms with Crippen molar-refractivity contribution in [2.45, 2.75) is 62.3 Å². The smallest absolute Gasteiger partial charge is 0.255 e. The normalized spacial score (nSPS) is 19.3. The Morgan fingerprint density at radius 2 is 1.74 bits per heavy atom. The van der Waals surface area contributed by atoms with E-state index in [1.807, 2.05) is 48.7 Å². The van der Waals surface area contributed by atoms with Crippen LogP contribution in [0, 0.1) is 5.82 Å². The van der Waals surface area contributed by atoms with E-state index in [9.17, 15) is 14.0 Å². The summed E-state index contributed by atoms with van der Waals surface area (Å²) in [6, 6.07) is 19.5. The summed E-state index contributed by atoms with van der Waals surface area (Å²) in [7, 11) is 0. The molecule has 0 saturated heterocycles. The zero-order valence-corrected chi connectivity index (χ0v) is 21.6. The number of amides is 2. The minimum Gasteiger partial charge on any atom is -0.353 e. The van der Waals surface area contributed by atoms with Crippen LogP contribution in [0.3, 0.4) is 0 Å². The van der Waals surface area contributed by atoms with Gasteiger partial charge in [0.2, 0.25) is 5.91 Å². The van der Waals surface area contributed by atoms with Gasteiger partial charge in [0.25, 0.3) is 5.91 Å². The van der Waals surface area contributed by atoms with Crippen LogP contribution in [0.4, 0.5) is 10.1 Å². The van der Waals surface area contributed by atoms with Crippen molar-refractivity contribution < 1.29 is 14.0 Å². The molecule has 2 atom stereocenters. The van der Waals surface area contributed by atoms with E-state index in [2.05, 4.69) is 20.6 Å². The van der Waals surface area contributed by atoms with Gasteiger partial charge in [-0.1, -0.05) is 55.7 Å². The first-order valence-electron chi connectivity index (χ1n) is 13.3. The molecule has 1 fully saturated rings. The molecular weight excluding hydrogens is 479 g/mol. The first-order chi connectivity index (χ1) is 18.4. The molecule has 1 aliphatic carbocycles. The van der Waals surface area contributed by atoms with Crippen LogP contribution in [-0.2, 0) is 10.2 Å². The van der Waals surface area contributed by atoms with E-state index in [4.69, 9.17) is 0 Å². The number of carbonyl (C=O) groups excluding carboxylic acids is 2. The number of hydrogen-bond acceptors (Lipinski definition) is 4. The molecule has 7 heteroatoms. The number of rotatable bonds is 8. The Hall–Kier alpha value is -3.87. The lowest BCUT2D eigenvalue weighted by molar-refractivity contribution is -0.127. The van der Waals surface area contributed by atoms with E-state index in [1.54, 1.807) is 19.2 Å². The number of hydrogen-bond donors (Lipinski definition) is 2. The van der Waals surface area contributed by atoms with Gasteiger partial charge in [0, 0.05) is 36.0 Å². The van der Waals surface area contributed by atoms with Crippen LogP contribution in [0.2, 0.25) is 0 Å². The molecule has 1 saturated carbocycles. The number of carbonyl (C=O) groups is 2. The molecule has 196 valence electrons. The molecule has 1 aliphatic heterocycles. The molecule has 5 rings (SSSR count). The SMILES string of the molecule is CC(CC1C=Nc2ccccc21)(NC(=O)c1ccccc1F)C(=O)NCC1(c2ccccn2)CCCCC1. The summed E-state index contributed by atoms with van der Waals surface area (Å²) in [5.74, 6) is -1.72. The number of fused-ring (bicyclic) bond motifs is 1. The zero-order valence-electron chi connectivity index (χ0n) is 21.6. The number of benzene rings is 2. The molecule has 2 unspecified atom stereocenters. The lowest BCUT2D eigenvalue weighted by Crippen LogP contribution is -2.59. The fourth-order valence-corrected chi connectivity index (χ4v) is 5.81. The monoisotopic (exact) mass is 512 g/mol. The van der Waals surface area contributed by atoms with Gasteiger partial charge >= 0.3 is 0 Å². The second-order valence-electron chi connectivity index (χ2n) is 10.7. The van der Waals surface area contributed by atoms with Gasteiger partial charge in [-0.3, -0.25) is 19.6 Å². The molecule has 0 radical (unpaired) electrons. The summed E-state index contributed by atoms with van der Waals surface area (Å²) in [4.78, 5) is 36.3. The standard InChI is InChI=1S/C31H33FN4O2/c1-30(36-28(37)24-12-3-5-13-25(24)32,19-22-20-34-26-14-6-4-11-23(22)26)29(38)35-21-31(16-8-2-9-17-31)27-15-7-10-18-33-27/h3-7,10-15,18,20,22H,2,8-9,16-17,19,21H2,1H3,(H,35,38)(H,36,37). The van der Waals surface area contributed by atoms with Gasteiger partial charge in [-0.25, -0.2) is 4.39 Å². The van der Waals surface area contributed by atoms with Crippen molar-refractivity contribution in [3.63, 3.8) is 0 Å². The van der Waals surface area contributed by atoms with Crippen LogP contribution in [0.5, 0.6) is 0 Å². The fourth-order valence-electron chi connectivity index (χ4n) is 5.81. The third kappa shape index (κ3) is 5.23. The van der Waals surface area contributed by atoms with Crippen molar-refractivity contribution in [1.29, 1.82) is 0 Å². The molecule has 2 amide bonds. The van der Waals surface area contributed by atoms with Crippen LogP contribution in [0.25, 0.3) is 0 Å². The van der Waals surface area contributed by atoms with Gasteiger partial charge in [0.05, 0.1) is 11.3 Å². The van der Waals surface area contributed by atoms with Gasteiger partial charge < -0.3 is 10.6 Å². The molecular formula is C31H33FN4O2. The second kappa shape index (κ2) is 10.9. The Bertz CT molecular complexity index is 1340. The molecule has 38 heavy (non-hydrogen) atoms. The zero-order chi connectivity index (χ0) is 26.6. The number of para-hydroxylation sites is 1. The highest BCUT2D eigenvalue weighted by Gasteiger charge is 2.42. The molecule has 2 aliphatic rings. The molecule has 2 N–H and O–H groups in total. The van der Waals surface area contributed by atoms with Crippen molar-refractivity contribution in [2.24, 2.45) is 4.99 Å². The van der Waals surface area contributed by atoms with Crippen molar-refractivity contribution >= 4 is 23.7 Å². The lowest BCUT2D eigenvalue weighted by atomic mass is 9.71. The first-order valence-corrected chi connectivity index (χ1v) is 13.3. The number of nitrogens with zero attached hydrogens (tertiary/aromatic N) is 2. The van der Waals surface area contributed by atoms with E-state index in [0.29, 0.717) is 6.54 Å². The van der Waals surface area contributed by atoms with Gasteiger partial charge in [-0.2, -0.15) is 0 Å². The number of nitrogens with one attached hydrogen (secondary N) is 2. The average Bonchev–Trinajstić information content (AvgIpc) is 3.35. The largest absolute Gasteiger partial charge is 0.353 e. The highest BCUT2D eigenvalue weighted by Crippen LogP contribution is 2.39. The maximum atomic E-state index is 14.5. The quantitative estimate of drug-likeness (QED) is 0.411. The third-order valence-corrected chi connectivity index (χ3v) is 7.97. The maximum Gasteiger partial charge on any atom is 0.255 e. The molecule has 2 heterocycles. The Labute approximate surface area is 222 Å². The average molecular weight is 513 g/mol. The fraction of sp³-hybridized carbons (Fsp3) is 0.355. The minimum absolute atomic E-state index is 0.0933. The summed E-state index contributed by atoms with van der Waals surface area (Å²) >= 11 is 0. The minimum atomic E-state index is -1.31. The summed E-state index contributed by atoms with van der Waals surface area (Å²) < 4.78 is 14.5. The highest BCUT2D eigenvalue weighted by molar-refractivity contribution is 5.99. The van der Waals surface area contributed by atoms with Gasteiger partial charge in [0.1, 0.15) is 11.4 Å². The van der Waals surface area contributed by atoms with Gasteiger partial charge in [-0.05, 0) is 62.1 Å². The van der Waals surface area contributed by atoms with Crippen LogP contribution in [0.1, 0.15) is 73.0 Å². The summed E-state index contributed by atoms with van der Waals surface area (Å²) in [6.45, 7) is 2.13. The van der Waals surface area contributed by atoms with Crippen LogP contribution in [0.15, 0.2) is 77.9 Å². The molecule has 2 aromatic carbocycles. The van der Waals surface area contributed by atoms with Crippen molar-refractivity contribution in [3.8, 4) is 0 Å². The summed E-state index contributed by atoms with van der Waals surface area (Å²) in [6.07, 6.45) is 9.09. The number of aromatic nitrogens is 1. The Morgan fingerprint density at radius 3 is 2.50 bits per heavy atom. The summed E-state index contributed by atoms with van der Waals surface area (Å²) in [5.41, 5.74) is 1.18. The van der Waals surface area contributed by atoms with Crippen molar-refractivity contribution in [3.05, 3.63) is 95.6 Å². The van der Waals surface area contributed by atoms with Crippen LogP contribution < -0.4 is 10.6 Å². The number of aliphatic imine (C=N–C) groups is 1. The van der Waals surface area contributed by atoms with Gasteiger partial charge in [-0.15, -0.1) is 0 Å². The topological polar surface area (TPSA) is 83.5 Å². The second-order valence-corrected chi connectivity index (χ2v) is 10.7. The van der Waals surface area contributed by atoms with Crippen LogP contribution >= 0.6 is 0 Å². The number of halogens is 1. The van der Waals surface area contributed by atoms with Crippen LogP contribution in [-0.4, -0.2) is 35.1 Å². The Balaban J connectivity index is 1.41. The van der Waals surface area contributed by atoms with Crippen molar-refractivity contribution in [1.82, 2.24) is 15.6 Å². The number of pyridine rings is 1. The Kier molecular flexibility index (Phi) is 7.36. The van der Waals surface area contributed by atoms with E-state index in [0.717, 1.165) is 42.6 Å². The molecule has 1 aromatic heterocycles. The van der Waals surface area contributed by atoms with Gasteiger partial charge in [0.15, 0.2) is 0 Å². The predicted molar refractivity (Wildman–Crippen MR) is 146 cm³/mol. The maximum absolute atomic E-state index is 14.5. The van der Waals surface area contributed by atoms with E-state index >= 15 is 0 Å². The van der Waals surface area contributed by atoms with E-state index in [-0.39, 0.29) is 29.2 Å².